The molecule has 1 saturated carbocycles. The highest BCUT2D eigenvalue weighted by atomic mass is 32.2. The third-order valence-corrected chi connectivity index (χ3v) is 5.84. The number of nitrogens with one attached hydrogen (secondary N) is 1. The van der Waals surface area contributed by atoms with Gasteiger partial charge in [0.15, 0.2) is 6.04 Å². The first-order valence-corrected chi connectivity index (χ1v) is 10.2. The van der Waals surface area contributed by atoms with Crippen LogP contribution in [0.15, 0.2) is 47.0 Å². The average Bonchev–Trinajstić information content (AvgIpc) is 3.49. The van der Waals surface area contributed by atoms with E-state index in [1.165, 1.54) is 11.8 Å². The molecule has 148 valence electrons. The van der Waals surface area contributed by atoms with Crippen LogP contribution < -0.4 is 5.32 Å². The zero-order chi connectivity index (χ0) is 20.1. The van der Waals surface area contributed by atoms with Gasteiger partial charge in [0.05, 0.1) is 6.42 Å². The van der Waals surface area contributed by atoms with Crippen LogP contribution in [-0.4, -0.2) is 50.9 Å². The molecule has 1 aromatic carbocycles. The average molecular weight is 402 g/mol. The maximum Gasteiger partial charge on any atom is 0.354 e. The number of carboxylic acid groups (broad SMARTS) is 2. The fourth-order valence-corrected chi connectivity index (χ4v) is 4.09. The Balaban J connectivity index is 1.72. The van der Waals surface area contributed by atoms with Gasteiger partial charge < -0.3 is 15.5 Å². The second-order valence-electron chi connectivity index (χ2n) is 6.94. The van der Waals surface area contributed by atoms with E-state index in [-0.39, 0.29) is 12.1 Å². The minimum absolute atomic E-state index is 0.0457. The van der Waals surface area contributed by atoms with Crippen LogP contribution in [0.2, 0.25) is 0 Å². The monoisotopic (exact) mass is 402 g/mol. The van der Waals surface area contributed by atoms with Gasteiger partial charge in [0.1, 0.15) is 11.1 Å². The van der Waals surface area contributed by atoms with Gasteiger partial charge in [-0.05, 0) is 36.3 Å². The van der Waals surface area contributed by atoms with E-state index in [9.17, 15) is 24.6 Å². The number of aliphatic imine (C=N–C) groups is 1. The van der Waals surface area contributed by atoms with E-state index in [2.05, 4.69) is 10.3 Å². The van der Waals surface area contributed by atoms with Crippen molar-refractivity contribution in [3.63, 3.8) is 0 Å². The molecule has 1 aromatic rings. The lowest BCUT2D eigenvalue weighted by Crippen LogP contribution is -2.49. The standard InChI is InChI=1S/C20H22N2O5S/c23-15(10-13-4-2-1-3-5-13)21-17(20(26)27)18-22-16(19(24)25)14(11-28-18)9-8-12-6-7-12/h1-5,9,12,17-18H,6-8,10-11H2,(H,21,23)(H,24,25)(H,26,27)/b14-9+. The Morgan fingerprint density at radius 1 is 1.21 bits per heavy atom. The molecule has 0 aromatic heterocycles. The Morgan fingerprint density at radius 3 is 2.54 bits per heavy atom. The molecule has 3 N–H and O–H groups in total. The van der Waals surface area contributed by atoms with Crippen molar-refractivity contribution in [2.45, 2.75) is 37.1 Å². The highest BCUT2D eigenvalue weighted by Crippen LogP contribution is 2.34. The summed E-state index contributed by atoms with van der Waals surface area (Å²) in [6.07, 6.45) is 5.09. The summed E-state index contributed by atoms with van der Waals surface area (Å²) >= 11 is 1.23. The summed E-state index contributed by atoms with van der Waals surface area (Å²) < 4.78 is 0. The van der Waals surface area contributed by atoms with E-state index >= 15 is 0 Å². The number of carbonyl (C=O) groups is 3. The van der Waals surface area contributed by atoms with Crippen LogP contribution in [0.25, 0.3) is 0 Å². The molecule has 0 radical (unpaired) electrons. The molecule has 2 aliphatic rings. The molecule has 1 aliphatic carbocycles. The minimum atomic E-state index is -1.29. The molecule has 1 amide bonds. The van der Waals surface area contributed by atoms with Gasteiger partial charge in [-0.1, -0.05) is 36.4 Å². The summed E-state index contributed by atoms with van der Waals surface area (Å²) in [5, 5.41) is 20.6. The molecule has 0 spiro atoms. The molecular weight excluding hydrogens is 380 g/mol. The lowest BCUT2D eigenvalue weighted by atomic mass is 10.1. The highest BCUT2D eigenvalue weighted by Gasteiger charge is 2.35. The van der Waals surface area contributed by atoms with Crippen molar-refractivity contribution in [3.05, 3.63) is 47.5 Å². The van der Waals surface area contributed by atoms with Crippen molar-refractivity contribution in [3.8, 4) is 0 Å². The van der Waals surface area contributed by atoms with Crippen LogP contribution in [0, 0.1) is 5.92 Å². The number of nitrogens with zero attached hydrogens (tertiary/aromatic N) is 1. The first-order chi connectivity index (χ1) is 13.4. The molecule has 2 atom stereocenters. The number of aliphatic carboxylic acids is 2. The quantitative estimate of drug-likeness (QED) is 0.613. The van der Waals surface area contributed by atoms with E-state index in [0.29, 0.717) is 17.2 Å². The lowest BCUT2D eigenvalue weighted by Gasteiger charge is -2.26. The van der Waals surface area contributed by atoms with Crippen molar-refractivity contribution in [2.75, 3.05) is 5.75 Å². The van der Waals surface area contributed by atoms with Crippen LogP contribution in [0.5, 0.6) is 0 Å². The summed E-state index contributed by atoms with van der Waals surface area (Å²) in [5.41, 5.74) is 1.29. The maximum atomic E-state index is 12.3. The molecule has 7 nitrogen and oxygen atoms in total. The molecule has 28 heavy (non-hydrogen) atoms. The van der Waals surface area contributed by atoms with Gasteiger partial charge in [-0.15, -0.1) is 11.8 Å². The van der Waals surface area contributed by atoms with Crippen LogP contribution in [0.3, 0.4) is 0 Å². The van der Waals surface area contributed by atoms with Gasteiger partial charge in [-0.3, -0.25) is 9.79 Å². The van der Waals surface area contributed by atoms with Gasteiger partial charge in [0.25, 0.3) is 0 Å². The summed E-state index contributed by atoms with van der Waals surface area (Å²) in [5.74, 6) is -1.87. The Labute approximate surface area is 166 Å². The van der Waals surface area contributed by atoms with Gasteiger partial charge in [0.2, 0.25) is 5.91 Å². The fourth-order valence-electron chi connectivity index (χ4n) is 2.93. The van der Waals surface area contributed by atoms with E-state index < -0.39 is 29.3 Å². The smallest absolute Gasteiger partial charge is 0.354 e. The molecular formula is C20H22N2O5S. The largest absolute Gasteiger partial charge is 0.480 e. The summed E-state index contributed by atoms with van der Waals surface area (Å²) in [6, 6.07) is 7.70. The van der Waals surface area contributed by atoms with Crippen LogP contribution in [0.4, 0.5) is 0 Å². The number of carboxylic acids is 2. The van der Waals surface area contributed by atoms with E-state index in [4.69, 9.17) is 0 Å². The first-order valence-electron chi connectivity index (χ1n) is 9.12. The lowest BCUT2D eigenvalue weighted by molar-refractivity contribution is -0.141. The first kappa shape index (κ1) is 20.1. The predicted molar refractivity (Wildman–Crippen MR) is 106 cm³/mol. The number of carbonyl (C=O) groups excluding carboxylic acids is 1. The number of hydrogen-bond acceptors (Lipinski definition) is 5. The van der Waals surface area contributed by atoms with Crippen molar-refractivity contribution in [1.82, 2.24) is 5.32 Å². The minimum Gasteiger partial charge on any atom is -0.480 e. The predicted octanol–water partition coefficient (Wildman–Crippen LogP) is 2.12. The number of allylic oxidation sites excluding steroid dienone is 1. The van der Waals surface area contributed by atoms with Crippen molar-refractivity contribution in [1.29, 1.82) is 0 Å². The fraction of sp³-hybridized carbons (Fsp3) is 0.400. The van der Waals surface area contributed by atoms with Crippen LogP contribution in [0.1, 0.15) is 24.8 Å². The highest BCUT2D eigenvalue weighted by molar-refractivity contribution is 8.00. The number of amides is 1. The molecule has 3 rings (SSSR count). The Bertz CT molecular complexity index is 817. The molecule has 1 aliphatic heterocycles. The van der Waals surface area contributed by atoms with E-state index in [1.54, 1.807) is 24.3 Å². The van der Waals surface area contributed by atoms with Crippen molar-refractivity contribution in [2.24, 2.45) is 10.9 Å². The zero-order valence-electron chi connectivity index (χ0n) is 15.2. The second kappa shape index (κ2) is 9.05. The maximum absolute atomic E-state index is 12.3. The third-order valence-electron chi connectivity index (χ3n) is 4.64. The van der Waals surface area contributed by atoms with Crippen molar-refractivity contribution < 1.29 is 24.6 Å². The molecule has 0 saturated heterocycles. The zero-order valence-corrected chi connectivity index (χ0v) is 16.0. The molecule has 1 fully saturated rings. The van der Waals surface area contributed by atoms with E-state index in [0.717, 1.165) is 24.8 Å². The number of hydrogen-bond donors (Lipinski definition) is 3. The van der Waals surface area contributed by atoms with Gasteiger partial charge in [-0.25, -0.2) is 9.59 Å². The van der Waals surface area contributed by atoms with Gasteiger partial charge in [-0.2, -0.15) is 0 Å². The second-order valence-corrected chi connectivity index (χ2v) is 8.04. The summed E-state index contributed by atoms with van der Waals surface area (Å²) in [7, 11) is 0. The Hall–Kier alpha value is -2.61. The van der Waals surface area contributed by atoms with Crippen LogP contribution in [-0.2, 0) is 20.8 Å². The number of rotatable bonds is 8. The molecule has 8 heteroatoms. The molecule has 0 bridgehead atoms. The Morgan fingerprint density at radius 2 is 1.93 bits per heavy atom. The molecule has 1 heterocycles. The summed E-state index contributed by atoms with van der Waals surface area (Å²) in [6.45, 7) is 0. The molecule has 2 unspecified atom stereocenters. The number of benzene rings is 1. The van der Waals surface area contributed by atoms with Gasteiger partial charge in [0, 0.05) is 5.75 Å². The van der Waals surface area contributed by atoms with Crippen LogP contribution >= 0.6 is 11.8 Å². The SMILES string of the molecule is O=C(Cc1ccccc1)NC(C(=O)O)C1N=C(C(=O)O)/C(=C/CC2CC2)CS1. The number of thioether (sulfide) groups is 1. The third kappa shape index (κ3) is 5.45. The normalized spacial score (nSPS) is 21.6. The van der Waals surface area contributed by atoms with E-state index in [1.807, 2.05) is 12.1 Å². The van der Waals surface area contributed by atoms with Crippen molar-refractivity contribution >= 4 is 35.3 Å². The Kier molecular flexibility index (Phi) is 6.51. The van der Waals surface area contributed by atoms with Gasteiger partial charge >= 0.3 is 11.9 Å². The topological polar surface area (TPSA) is 116 Å². The summed E-state index contributed by atoms with van der Waals surface area (Å²) in [4.78, 5) is 39.8.